The normalized spacial score (nSPS) is 15.8. The monoisotopic (exact) mass is 514 g/mol. The van der Waals surface area contributed by atoms with Gasteiger partial charge in [0.1, 0.15) is 17.3 Å². The zero-order chi connectivity index (χ0) is 25.8. The van der Waals surface area contributed by atoms with Crippen LogP contribution in [0.4, 0.5) is 29.1 Å². The molecule has 1 aliphatic heterocycles. The lowest BCUT2D eigenvalue weighted by molar-refractivity contribution is -0.141. The van der Waals surface area contributed by atoms with E-state index in [0.29, 0.717) is 24.2 Å². The number of piperidine rings is 1. The molecule has 1 atom stereocenters. The third-order valence-electron chi connectivity index (χ3n) is 5.41. The second-order valence-electron chi connectivity index (χ2n) is 8.33. The van der Waals surface area contributed by atoms with E-state index in [1.54, 1.807) is 11.8 Å². The Morgan fingerprint density at radius 3 is 2.43 bits per heavy atom. The molecule has 0 aliphatic carbocycles. The molecule has 12 heteroatoms. The number of benzene rings is 1. The summed E-state index contributed by atoms with van der Waals surface area (Å²) >= 11 is 0. The average Bonchev–Trinajstić information content (AvgIpc) is 2.78. The van der Waals surface area contributed by atoms with Crippen molar-refractivity contribution in [2.24, 2.45) is 0 Å². The van der Waals surface area contributed by atoms with Crippen molar-refractivity contribution in [3.8, 4) is 0 Å². The van der Waals surface area contributed by atoms with Gasteiger partial charge in [0.05, 0.1) is 18.0 Å². The molecule has 35 heavy (non-hydrogen) atoms. The molecule has 1 aromatic carbocycles. The topological polar surface area (TPSA) is 91.4 Å². The summed E-state index contributed by atoms with van der Waals surface area (Å²) in [5, 5.41) is 2.65. The lowest BCUT2D eigenvalue weighted by Gasteiger charge is -2.29. The number of amides is 1. The van der Waals surface area contributed by atoms with E-state index in [1.807, 2.05) is 0 Å². The van der Waals surface area contributed by atoms with E-state index in [0.717, 1.165) is 37.7 Å². The molecule has 1 aliphatic rings. The van der Waals surface area contributed by atoms with Crippen LogP contribution < -0.4 is 14.9 Å². The number of anilines is 2. The summed E-state index contributed by atoms with van der Waals surface area (Å²) in [6, 6.07) is 5.37. The van der Waals surface area contributed by atoms with Gasteiger partial charge in [0.25, 0.3) is 0 Å². The van der Waals surface area contributed by atoms with Crippen LogP contribution in [-0.2, 0) is 21.0 Å². The van der Waals surface area contributed by atoms with Gasteiger partial charge in [0.15, 0.2) is 0 Å². The molecule has 190 valence electrons. The number of rotatable bonds is 7. The lowest BCUT2D eigenvalue weighted by atomic mass is 10.1. The first-order valence-corrected chi connectivity index (χ1v) is 12.8. The minimum Gasteiger partial charge on any atom is -0.356 e. The number of aromatic nitrogens is 1. The number of alkyl halides is 3. The van der Waals surface area contributed by atoms with E-state index in [4.69, 9.17) is 0 Å². The second-order valence-corrected chi connectivity index (χ2v) is 10.1. The van der Waals surface area contributed by atoms with Gasteiger partial charge in [-0.1, -0.05) is 6.07 Å². The first-order valence-electron chi connectivity index (χ1n) is 10.9. The van der Waals surface area contributed by atoms with Gasteiger partial charge >= 0.3 is 6.18 Å². The standard InChI is InChI=1S/C23H26F4N4O3S/c1-15(17-6-9-19(18(24)14-17)30-35(2,33)34)28-21(32)11-8-16-7-10-20(23(25,26)27)29-22(16)31-12-4-3-5-13-31/h6-11,14-15,30H,3-5,12-13H2,1-2H3,(H,28,32)/t15-/m1/s1. The number of nitrogens with one attached hydrogen (secondary N) is 2. The average molecular weight is 515 g/mol. The Balaban J connectivity index is 1.75. The number of hydrogen-bond acceptors (Lipinski definition) is 5. The number of nitrogens with zero attached hydrogens (tertiary/aromatic N) is 2. The van der Waals surface area contributed by atoms with E-state index in [9.17, 15) is 30.8 Å². The fourth-order valence-electron chi connectivity index (χ4n) is 3.70. The van der Waals surface area contributed by atoms with Gasteiger partial charge in [0, 0.05) is 24.7 Å². The minimum absolute atomic E-state index is 0.174. The van der Waals surface area contributed by atoms with Crippen molar-refractivity contribution in [2.45, 2.75) is 38.4 Å². The molecule has 1 saturated heterocycles. The molecule has 1 aromatic heterocycles. The maximum atomic E-state index is 14.2. The Bertz CT molecular complexity index is 1210. The van der Waals surface area contributed by atoms with Crippen molar-refractivity contribution in [1.29, 1.82) is 0 Å². The SMILES string of the molecule is C[C@@H](NC(=O)C=Cc1ccc(C(F)(F)F)nc1N1CCCCC1)c1ccc(NS(C)(=O)=O)c(F)c1. The first-order chi connectivity index (χ1) is 16.3. The van der Waals surface area contributed by atoms with Crippen LogP contribution in [0.3, 0.4) is 0 Å². The summed E-state index contributed by atoms with van der Waals surface area (Å²) in [5.74, 6) is -1.17. The van der Waals surface area contributed by atoms with Gasteiger partial charge in [0.2, 0.25) is 15.9 Å². The van der Waals surface area contributed by atoms with Crippen molar-refractivity contribution < 1.29 is 30.8 Å². The van der Waals surface area contributed by atoms with Gasteiger partial charge in [-0.25, -0.2) is 17.8 Å². The fraction of sp³-hybridized carbons (Fsp3) is 0.391. The maximum absolute atomic E-state index is 14.2. The summed E-state index contributed by atoms with van der Waals surface area (Å²) in [6.45, 7) is 2.77. The predicted octanol–water partition coefficient (Wildman–Crippen LogP) is 4.49. The number of halogens is 4. The summed E-state index contributed by atoms with van der Waals surface area (Å²) in [7, 11) is -3.65. The molecule has 3 rings (SSSR count). The van der Waals surface area contributed by atoms with Crippen LogP contribution in [0.15, 0.2) is 36.4 Å². The second kappa shape index (κ2) is 10.6. The van der Waals surface area contributed by atoms with Gasteiger partial charge in [-0.2, -0.15) is 13.2 Å². The molecular weight excluding hydrogens is 488 g/mol. The fourth-order valence-corrected chi connectivity index (χ4v) is 4.26. The third kappa shape index (κ3) is 7.41. The minimum atomic E-state index is -4.58. The molecule has 1 amide bonds. The lowest BCUT2D eigenvalue weighted by Crippen LogP contribution is -2.31. The van der Waals surface area contributed by atoms with E-state index in [1.165, 1.54) is 30.4 Å². The van der Waals surface area contributed by atoms with E-state index in [-0.39, 0.29) is 11.5 Å². The van der Waals surface area contributed by atoms with Crippen LogP contribution in [0.1, 0.15) is 49.0 Å². The van der Waals surface area contributed by atoms with Crippen LogP contribution >= 0.6 is 0 Å². The van der Waals surface area contributed by atoms with E-state index in [2.05, 4.69) is 15.0 Å². The molecule has 2 N–H and O–H groups in total. The Morgan fingerprint density at radius 2 is 1.83 bits per heavy atom. The van der Waals surface area contributed by atoms with Crippen LogP contribution in [0, 0.1) is 5.82 Å². The number of hydrogen-bond donors (Lipinski definition) is 2. The number of carbonyl (C=O) groups is 1. The summed E-state index contributed by atoms with van der Waals surface area (Å²) in [5.41, 5.74) is -0.433. The van der Waals surface area contributed by atoms with Gasteiger partial charge in [-0.15, -0.1) is 0 Å². The Labute approximate surface area is 201 Å². The summed E-state index contributed by atoms with van der Waals surface area (Å²) < 4.78 is 78.5. The zero-order valence-electron chi connectivity index (χ0n) is 19.2. The molecule has 2 aromatic rings. The number of carbonyl (C=O) groups excluding carboxylic acids is 1. The van der Waals surface area contributed by atoms with Crippen molar-refractivity contribution in [2.75, 3.05) is 29.0 Å². The van der Waals surface area contributed by atoms with Crippen LogP contribution in [0.25, 0.3) is 6.08 Å². The molecule has 1 fully saturated rings. The molecule has 0 saturated carbocycles. The largest absolute Gasteiger partial charge is 0.433 e. The van der Waals surface area contributed by atoms with E-state index < -0.39 is 39.7 Å². The molecule has 0 unspecified atom stereocenters. The van der Waals surface area contributed by atoms with Crippen molar-refractivity contribution in [3.63, 3.8) is 0 Å². The predicted molar refractivity (Wildman–Crippen MR) is 126 cm³/mol. The highest BCUT2D eigenvalue weighted by atomic mass is 32.2. The van der Waals surface area contributed by atoms with Crippen LogP contribution in [-0.4, -0.2) is 38.7 Å². The van der Waals surface area contributed by atoms with Gasteiger partial charge in [-0.3, -0.25) is 9.52 Å². The highest BCUT2D eigenvalue weighted by molar-refractivity contribution is 7.92. The maximum Gasteiger partial charge on any atom is 0.433 e. The molecule has 2 heterocycles. The highest BCUT2D eigenvalue weighted by Gasteiger charge is 2.33. The summed E-state index contributed by atoms with van der Waals surface area (Å²) in [4.78, 5) is 18.1. The van der Waals surface area contributed by atoms with Crippen molar-refractivity contribution in [1.82, 2.24) is 10.3 Å². The number of sulfonamides is 1. The Kier molecular flexibility index (Phi) is 8.04. The van der Waals surface area contributed by atoms with Crippen molar-refractivity contribution >= 4 is 33.5 Å². The third-order valence-corrected chi connectivity index (χ3v) is 6.00. The van der Waals surface area contributed by atoms with Gasteiger partial charge in [-0.05, 0) is 62.1 Å². The Hall–Kier alpha value is -3.15. The smallest absolute Gasteiger partial charge is 0.356 e. The van der Waals surface area contributed by atoms with Crippen LogP contribution in [0.5, 0.6) is 0 Å². The molecule has 0 bridgehead atoms. The van der Waals surface area contributed by atoms with Crippen LogP contribution in [0.2, 0.25) is 0 Å². The summed E-state index contributed by atoms with van der Waals surface area (Å²) in [6.07, 6.45) is 1.58. The Morgan fingerprint density at radius 1 is 1.14 bits per heavy atom. The van der Waals surface area contributed by atoms with Gasteiger partial charge < -0.3 is 10.2 Å². The molecular formula is C23H26F4N4O3S. The highest BCUT2D eigenvalue weighted by Crippen LogP contribution is 2.32. The first kappa shape index (κ1) is 26.5. The van der Waals surface area contributed by atoms with Crippen molar-refractivity contribution in [3.05, 3.63) is 59.0 Å². The molecule has 7 nitrogen and oxygen atoms in total. The molecule has 0 radical (unpaired) electrons. The number of pyridine rings is 1. The quantitative estimate of drug-likeness (QED) is 0.420. The van der Waals surface area contributed by atoms with E-state index >= 15 is 0 Å². The zero-order valence-corrected chi connectivity index (χ0v) is 20.0. The molecule has 0 spiro atoms.